The van der Waals surface area contributed by atoms with Crippen LogP contribution in [-0.4, -0.2) is 19.1 Å². The molecule has 0 atom stereocenters. The van der Waals surface area contributed by atoms with Gasteiger partial charge in [0.2, 0.25) is 0 Å². The zero-order valence-electron chi connectivity index (χ0n) is 11.9. The minimum Gasteiger partial charge on any atom is -0.482 e. The molecule has 0 saturated carbocycles. The fourth-order valence-corrected chi connectivity index (χ4v) is 2.14. The zero-order chi connectivity index (χ0) is 15.8. The van der Waals surface area contributed by atoms with Crippen molar-refractivity contribution in [3.63, 3.8) is 0 Å². The van der Waals surface area contributed by atoms with Crippen LogP contribution in [-0.2, 0) is 4.79 Å². The molecule has 0 aliphatic rings. The fourth-order valence-electron chi connectivity index (χ4n) is 1.95. The van der Waals surface area contributed by atoms with Gasteiger partial charge in [0, 0.05) is 12.2 Å². The second kappa shape index (κ2) is 8.06. The van der Waals surface area contributed by atoms with Crippen molar-refractivity contribution in [3.8, 4) is 11.8 Å². The number of amides is 1. The first-order valence-electron chi connectivity index (χ1n) is 6.82. The van der Waals surface area contributed by atoms with Crippen LogP contribution < -0.4 is 9.64 Å². The summed E-state index contributed by atoms with van der Waals surface area (Å²) in [6.45, 7) is 0.190. The van der Waals surface area contributed by atoms with Crippen LogP contribution in [0, 0.1) is 11.3 Å². The SMILES string of the molecule is N#CCCN(C(=O)COc1ccccc1Cl)c1ccccc1. The standard InChI is InChI=1S/C17H15ClN2O2/c18-15-9-4-5-10-16(15)22-13-17(21)20(12-6-11-19)14-7-2-1-3-8-14/h1-5,7-10H,6,12-13H2. The first-order valence-corrected chi connectivity index (χ1v) is 7.20. The van der Waals surface area contributed by atoms with Crippen LogP contribution in [0.1, 0.15) is 6.42 Å². The number of anilines is 1. The highest BCUT2D eigenvalue weighted by molar-refractivity contribution is 6.32. The summed E-state index contributed by atoms with van der Waals surface area (Å²) in [7, 11) is 0. The molecular formula is C17H15ClN2O2. The third-order valence-electron chi connectivity index (χ3n) is 3.00. The smallest absolute Gasteiger partial charge is 0.264 e. The second-order valence-corrected chi connectivity index (χ2v) is 4.92. The van der Waals surface area contributed by atoms with E-state index in [1.165, 1.54) is 0 Å². The molecule has 4 nitrogen and oxygen atoms in total. The van der Waals surface area contributed by atoms with E-state index in [0.717, 1.165) is 5.69 Å². The number of rotatable bonds is 6. The highest BCUT2D eigenvalue weighted by Gasteiger charge is 2.16. The number of ether oxygens (including phenoxy) is 1. The summed E-state index contributed by atoms with van der Waals surface area (Å²) in [4.78, 5) is 13.9. The van der Waals surface area contributed by atoms with E-state index in [2.05, 4.69) is 0 Å². The van der Waals surface area contributed by atoms with Gasteiger partial charge in [0.25, 0.3) is 5.91 Å². The van der Waals surface area contributed by atoms with E-state index in [0.29, 0.717) is 17.3 Å². The van der Waals surface area contributed by atoms with Gasteiger partial charge >= 0.3 is 0 Å². The average Bonchev–Trinajstić information content (AvgIpc) is 2.55. The number of carbonyl (C=O) groups is 1. The normalized spacial score (nSPS) is 9.82. The highest BCUT2D eigenvalue weighted by atomic mass is 35.5. The Bertz CT molecular complexity index is 668. The maximum atomic E-state index is 12.4. The van der Waals surface area contributed by atoms with Crippen molar-refractivity contribution in [3.05, 3.63) is 59.6 Å². The minimum absolute atomic E-state index is 0.135. The van der Waals surface area contributed by atoms with Gasteiger partial charge in [-0.15, -0.1) is 0 Å². The largest absolute Gasteiger partial charge is 0.482 e. The predicted octanol–water partition coefficient (Wildman–Crippen LogP) is 3.67. The van der Waals surface area contributed by atoms with Crippen molar-refractivity contribution in [2.75, 3.05) is 18.1 Å². The van der Waals surface area contributed by atoms with Crippen LogP contribution in [0.2, 0.25) is 5.02 Å². The number of halogens is 1. The summed E-state index contributed by atoms with van der Waals surface area (Å²) in [6, 6.07) is 18.2. The molecule has 0 bridgehead atoms. The monoisotopic (exact) mass is 314 g/mol. The Hall–Kier alpha value is -2.51. The summed E-state index contributed by atoms with van der Waals surface area (Å²) in [5, 5.41) is 9.21. The molecule has 0 spiro atoms. The number of carbonyl (C=O) groups excluding carboxylic acids is 1. The van der Waals surface area contributed by atoms with Gasteiger partial charge in [0.1, 0.15) is 5.75 Å². The fraction of sp³-hybridized carbons (Fsp3) is 0.176. The third-order valence-corrected chi connectivity index (χ3v) is 3.32. The van der Waals surface area contributed by atoms with Gasteiger partial charge in [0.15, 0.2) is 6.61 Å². The Morgan fingerprint density at radius 2 is 1.82 bits per heavy atom. The molecule has 0 N–H and O–H groups in total. The number of nitriles is 1. The van der Waals surface area contributed by atoms with Crippen LogP contribution in [0.3, 0.4) is 0 Å². The van der Waals surface area contributed by atoms with Crippen molar-refractivity contribution in [1.82, 2.24) is 0 Å². The Balaban J connectivity index is 2.06. The molecule has 0 fully saturated rings. The van der Waals surface area contributed by atoms with Crippen LogP contribution in [0.5, 0.6) is 5.75 Å². The Kier molecular flexibility index (Phi) is 5.81. The lowest BCUT2D eigenvalue weighted by atomic mass is 10.2. The van der Waals surface area contributed by atoms with E-state index in [-0.39, 0.29) is 18.9 Å². The maximum absolute atomic E-state index is 12.4. The van der Waals surface area contributed by atoms with E-state index >= 15 is 0 Å². The van der Waals surface area contributed by atoms with Crippen LogP contribution in [0.4, 0.5) is 5.69 Å². The van der Waals surface area contributed by atoms with E-state index in [1.807, 2.05) is 36.4 Å². The summed E-state index contributed by atoms with van der Waals surface area (Å²) in [5.41, 5.74) is 0.741. The Labute approximate surface area is 134 Å². The van der Waals surface area contributed by atoms with Gasteiger partial charge in [-0.3, -0.25) is 4.79 Å². The lowest BCUT2D eigenvalue weighted by Gasteiger charge is -2.22. The van der Waals surface area contributed by atoms with Crippen molar-refractivity contribution >= 4 is 23.2 Å². The van der Waals surface area contributed by atoms with Gasteiger partial charge in [-0.1, -0.05) is 41.9 Å². The number of para-hydroxylation sites is 2. The van der Waals surface area contributed by atoms with Gasteiger partial charge in [0.05, 0.1) is 17.5 Å². The average molecular weight is 315 g/mol. The van der Waals surface area contributed by atoms with Crippen molar-refractivity contribution < 1.29 is 9.53 Å². The lowest BCUT2D eigenvalue weighted by Crippen LogP contribution is -2.35. The molecule has 2 aromatic carbocycles. The molecule has 22 heavy (non-hydrogen) atoms. The molecule has 2 aromatic rings. The first kappa shape index (κ1) is 15.9. The van der Waals surface area contributed by atoms with Crippen molar-refractivity contribution in [2.45, 2.75) is 6.42 Å². The van der Waals surface area contributed by atoms with Crippen molar-refractivity contribution in [2.24, 2.45) is 0 Å². The third kappa shape index (κ3) is 4.24. The first-order chi connectivity index (χ1) is 10.7. The second-order valence-electron chi connectivity index (χ2n) is 4.51. The van der Waals surface area contributed by atoms with Crippen LogP contribution >= 0.6 is 11.6 Å². The van der Waals surface area contributed by atoms with Gasteiger partial charge in [-0.2, -0.15) is 5.26 Å². The quantitative estimate of drug-likeness (QED) is 0.817. The number of hydrogen-bond donors (Lipinski definition) is 0. The van der Waals surface area contributed by atoms with Gasteiger partial charge < -0.3 is 9.64 Å². The topological polar surface area (TPSA) is 53.3 Å². The molecule has 0 aliphatic carbocycles. The number of hydrogen-bond acceptors (Lipinski definition) is 3. The highest BCUT2D eigenvalue weighted by Crippen LogP contribution is 2.23. The molecule has 112 valence electrons. The predicted molar refractivity (Wildman–Crippen MR) is 86.0 cm³/mol. The minimum atomic E-state index is -0.221. The van der Waals surface area contributed by atoms with Gasteiger partial charge in [-0.25, -0.2) is 0 Å². The summed E-state index contributed by atoms with van der Waals surface area (Å²) < 4.78 is 5.47. The van der Waals surface area contributed by atoms with Crippen LogP contribution in [0.25, 0.3) is 0 Å². The molecule has 5 heteroatoms. The molecule has 1 amide bonds. The van der Waals surface area contributed by atoms with E-state index in [9.17, 15) is 4.79 Å². The molecule has 0 saturated heterocycles. The van der Waals surface area contributed by atoms with E-state index in [1.54, 1.807) is 29.2 Å². The van der Waals surface area contributed by atoms with E-state index < -0.39 is 0 Å². The number of nitrogens with zero attached hydrogens (tertiary/aromatic N) is 2. The summed E-state index contributed by atoms with van der Waals surface area (Å²) in [6.07, 6.45) is 0.257. The summed E-state index contributed by atoms with van der Waals surface area (Å²) in [5.74, 6) is 0.243. The molecule has 0 heterocycles. The zero-order valence-corrected chi connectivity index (χ0v) is 12.7. The van der Waals surface area contributed by atoms with Crippen molar-refractivity contribution in [1.29, 1.82) is 5.26 Å². The lowest BCUT2D eigenvalue weighted by molar-refractivity contribution is -0.120. The molecule has 0 radical (unpaired) electrons. The Morgan fingerprint density at radius 3 is 2.50 bits per heavy atom. The summed E-state index contributed by atoms with van der Waals surface area (Å²) >= 11 is 5.99. The maximum Gasteiger partial charge on any atom is 0.264 e. The number of benzene rings is 2. The Morgan fingerprint density at radius 1 is 1.14 bits per heavy atom. The molecule has 2 rings (SSSR count). The van der Waals surface area contributed by atoms with Gasteiger partial charge in [-0.05, 0) is 24.3 Å². The molecule has 0 aromatic heterocycles. The molecule has 0 unspecified atom stereocenters. The van der Waals surface area contributed by atoms with Crippen LogP contribution in [0.15, 0.2) is 54.6 Å². The molecule has 0 aliphatic heterocycles. The van der Waals surface area contributed by atoms with E-state index in [4.69, 9.17) is 21.6 Å². The molecular weight excluding hydrogens is 300 g/mol.